The van der Waals surface area contributed by atoms with Gasteiger partial charge in [-0.05, 0) is 18.5 Å². The zero-order valence-electron chi connectivity index (χ0n) is 5.25. The SMILES string of the molecule is Cc1nsc(N=N)c1C#N. The first-order valence-corrected chi connectivity index (χ1v) is 3.30. The Hall–Kier alpha value is -1.28. The van der Waals surface area contributed by atoms with E-state index in [0.717, 1.165) is 11.5 Å². The van der Waals surface area contributed by atoms with Crippen LogP contribution in [0.15, 0.2) is 5.11 Å². The van der Waals surface area contributed by atoms with Crippen LogP contribution in [-0.2, 0) is 0 Å². The number of aromatic nitrogens is 1. The van der Waals surface area contributed by atoms with Crippen molar-refractivity contribution in [2.45, 2.75) is 6.92 Å². The van der Waals surface area contributed by atoms with Gasteiger partial charge in [0.25, 0.3) is 0 Å². The van der Waals surface area contributed by atoms with Gasteiger partial charge in [-0.1, -0.05) is 0 Å². The van der Waals surface area contributed by atoms with E-state index in [-0.39, 0.29) is 0 Å². The molecule has 0 aromatic carbocycles. The van der Waals surface area contributed by atoms with Gasteiger partial charge in [-0.15, -0.1) is 5.11 Å². The molecule has 50 valence electrons. The first-order valence-electron chi connectivity index (χ1n) is 2.53. The lowest BCUT2D eigenvalue weighted by Gasteiger charge is -1.80. The Labute approximate surface area is 61.8 Å². The van der Waals surface area contributed by atoms with E-state index in [1.54, 1.807) is 6.92 Å². The second-order valence-electron chi connectivity index (χ2n) is 1.67. The average Bonchev–Trinajstić information content (AvgIpc) is 2.30. The Balaban J connectivity index is 3.29. The highest BCUT2D eigenvalue weighted by atomic mass is 32.1. The van der Waals surface area contributed by atoms with E-state index in [1.165, 1.54) is 0 Å². The average molecular weight is 152 g/mol. The maximum atomic E-state index is 8.49. The standard InChI is InChI=1S/C5H4N4S/c1-3-4(2-6)5(8-7)10-9-3/h7H,1H3. The number of rotatable bonds is 1. The molecule has 0 bridgehead atoms. The van der Waals surface area contributed by atoms with Crippen LogP contribution in [0.3, 0.4) is 0 Å². The molecule has 0 fully saturated rings. The fourth-order valence-electron chi connectivity index (χ4n) is 0.563. The Morgan fingerprint density at radius 1 is 1.80 bits per heavy atom. The maximum absolute atomic E-state index is 8.49. The lowest BCUT2D eigenvalue weighted by molar-refractivity contribution is 1.16. The smallest absolute Gasteiger partial charge is 0.176 e. The van der Waals surface area contributed by atoms with Gasteiger partial charge in [0.05, 0.1) is 5.69 Å². The molecule has 1 aromatic rings. The van der Waals surface area contributed by atoms with E-state index >= 15 is 0 Å². The molecule has 1 heterocycles. The molecule has 1 rings (SSSR count). The van der Waals surface area contributed by atoms with E-state index in [9.17, 15) is 0 Å². The summed E-state index contributed by atoms with van der Waals surface area (Å²) in [5.41, 5.74) is 7.71. The van der Waals surface area contributed by atoms with Crippen molar-refractivity contribution >= 4 is 16.5 Å². The number of hydrogen-bond donors (Lipinski definition) is 1. The predicted molar refractivity (Wildman–Crippen MR) is 36.4 cm³/mol. The molecule has 0 aliphatic heterocycles. The zero-order valence-corrected chi connectivity index (χ0v) is 6.07. The maximum Gasteiger partial charge on any atom is 0.176 e. The van der Waals surface area contributed by atoms with Crippen molar-refractivity contribution in [3.63, 3.8) is 0 Å². The molecule has 1 N–H and O–H groups in total. The first-order chi connectivity index (χ1) is 4.79. The molecule has 0 amide bonds. The summed E-state index contributed by atoms with van der Waals surface area (Å²) in [6.45, 7) is 1.73. The minimum Gasteiger partial charge on any atom is -0.203 e. The molecule has 0 radical (unpaired) electrons. The van der Waals surface area contributed by atoms with Crippen LogP contribution >= 0.6 is 11.5 Å². The van der Waals surface area contributed by atoms with Crippen LogP contribution in [0.25, 0.3) is 0 Å². The molecule has 0 aliphatic rings. The highest BCUT2D eigenvalue weighted by molar-refractivity contribution is 7.10. The lowest BCUT2D eigenvalue weighted by Crippen LogP contribution is -1.73. The molecule has 0 spiro atoms. The Morgan fingerprint density at radius 2 is 2.50 bits per heavy atom. The molecular weight excluding hydrogens is 148 g/mol. The summed E-state index contributed by atoms with van der Waals surface area (Å²) < 4.78 is 3.86. The molecule has 0 atom stereocenters. The van der Waals surface area contributed by atoms with Gasteiger partial charge in [-0.2, -0.15) is 9.64 Å². The van der Waals surface area contributed by atoms with Gasteiger partial charge >= 0.3 is 0 Å². The summed E-state index contributed by atoms with van der Waals surface area (Å²) in [6.07, 6.45) is 0. The van der Waals surface area contributed by atoms with E-state index < -0.39 is 0 Å². The molecule has 0 unspecified atom stereocenters. The van der Waals surface area contributed by atoms with E-state index in [4.69, 9.17) is 10.8 Å². The van der Waals surface area contributed by atoms with Gasteiger partial charge in [0.1, 0.15) is 11.6 Å². The van der Waals surface area contributed by atoms with Crippen molar-refractivity contribution < 1.29 is 0 Å². The van der Waals surface area contributed by atoms with Crippen molar-refractivity contribution in [2.24, 2.45) is 5.11 Å². The Morgan fingerprint density at radius 3 is 2.90 bits per heavy atom. The van der Waals surface area contributed by atoms with Crippen LogP contribution in [0.4, 0.5) is 5.00 Å². The van der Waals surface area contributed by atoms with E-state index in [2.05, 4.69) is 9.49 Å². The highest BCUT2D eigenvalue weighted by Crippen LogP contribution is 2.25. The Bertz CT molecular complexity index is 295. The number of nitrogens with zero attached hydrogens (tertiary/aromatic N) is 3. The molecule has 0 saturated carbocycles. The van der Waals surface area contributed by atoms with Gasteiger partial charge in [-0.3, -0.25) is 0 Å². The van der Waals surface area contributed by atoms with Gasteiger partial charge in [0.15, 0.2) is 5.00 Å². The molecular formula is C5H4N4S. The molecule has 5 heteroatoms. The summed E-state index contributed by atoms with van der Waals surface area (Å²) in [6, 6.07) is 1.93. The van der Waals surface area contributed by atoms with Crippen molar-refractivity contribution in [1.29, 1.82) is 10.8 Å². The fourth-order valence-corrected chi connectivity index (χ4v) is 1.20. The van der Waals surface area contributed by atoms with Gasteiger partial charge in [-0.25, -0.2) is 5.53 Å². The fraction of sp³-hybridized carbons (Fsp3) is 0.200. The van der Waals surface area contributed by atoms with Crippen LogP contribution in [0.2, 0.25) is 0 Å². The van der Waals surface area contributed by atoms with Crippen LogP contribution < -0.4 is 0 Å². The molecule has 4 nitrogen and oxygen atoms in total. The van der Waals surface area contributed by atoms with Crippen LogP contribution in [-0.4, -0.2) is 4.37 Å². The first kappa shape index (κ1) is 6.83. The summed E-state index contributed by atoms with van der Waals surface area (Å²) in [5, 5.41) is 12.0. The van der Waals surface area contributed by atoms with Gasteiger partial charge in [0.2, 0.25) is 0 Å². The minimum absolute atomic E-state index is 0.389. The second kappa shape index (κ2) is 2.54. The van der Waals surface area contributed by atoms with Crippen molar-refractivity contribution in [1.82, 2.24) is 4.37 Å². The summed E-state index contributed by atoms with van der Waals surface area (Å²) in [7, 11) is 0. The van der Waals surface area contributed by atoms with E-state index in [1.807, 2.05) is 6.07 Å². The predicted octanol–water partition coefficient (Wildman–Crippen LogP) is 1.99. The van der Waals surface area contributed by atoms with Crippen molar-refractivity contribution in [3.05, 3.63) is 11.3 Å². The minimum atomic E-state index is 0.389. The molecule has 0 saturated heterocycles. The normalized spacial score (nSPS) is 8.80. The lowest BCUT2D eigenvalue weighted by atomic mass is 10.3. The number of aryl methyl sites for hydroxylation is 1. The number of nitriles is 1. The Kier molecular flexibility index (Phi) is 1.73. The third-order valence-electron chi connectivity index (χ3n) is 1.06. The second-order valence-corrected chi connectivity index (χ2v) is 2.42. The van der Waals surface area contributed by atoms with E-state index in [0.29, 0.717) is 16.3 Å². The largest absolute Gasteiger partial charge is 0.203 e. The van der Waals surface area contributed by atoms with Crippen LogP contribution in [0.5, 0.6) is 0 Å². The van der Waals surface area contributed by atoms with Crippen molar-refractivity contribution in [2.75, 3.05) is 0 Å². The number of hydrogen-bond acceptors (Lipinski definition) is 5. The van der Waals surface area contributed by atoms with Gasteiger partial charge in [0, 0.05) is 0 Å². The van der Waals surface area contributed by atoms with Crippen LogP contribution in [0.1, 0.15) is 11.3 Å². The molecule has 0 aliphatic carbocycles. The third kappa shape index (κ3) is 0.890. The zero-order chi connectivity index (χ0) is 7.56. The third-order valence-corrected chi connectivity index (χ3v) is 1.89. The summed E-state index contributed by atoms with van der Waals surface area (Å²) in [4.78, 5) is 0. The number of nitrogens with one attached hydrogen (secondary N) is 1. The van der Waals surface area contributed by atoms with Gasteiger partial charge < -0.3 is 0 Å². The summed E-state index contributed by atoms with van der Waals surface area (Å²) >= 11 is 1.07. The quantitative estimate of drug-likeness (QED) is 0.625. The monoisotopic (exact) mass is 152 g/mol. The van der Waals surface area contributed by atoms with Crippen molar-refractivity contribution in [3.8, 4) is 6.07 Å². The van der Waals surface area contributed by atoms with Crippen LogP contribution in [0, 0.1) is 23.8 Å². The highest BCUT2D eigenvalue weighted by Gasteiger charge is 2.07. The topological polar surface area (TPSA) is 72.9 Å². The molecule has 1 aromatic heterocycles. The molecule has 10 heavy (non-hydrogen) atoms. The summed E-state index contributed by atoms with van der Waals surface area (Å²) in [5.74, 6) is 0.